The van der Waals surface area contributed by atoms with Crippen LogP contribution in [0.15, 0.2) is 30.3 Å². The highest BCUT2D eigenvalue weighted by Crippen LogP contribution is 2.28. The van der Waals surface area contributed by atoms with E-state index in [1.54, 1.807) is 4.90 Å². The maximum atomic E-state index is 12.2. The van der Waals surface area contributed by atoms with Gasteiger partial charge in [0.05, 0.1) is 5.92 Å². The van der Waals surface area contributed by atoms with Crippen molar-refractivity contribution >= 4 is 23.4 Å². The number of carbonyl (C=O) groups excluding carboxylic acids is 3. The fraction of sp³-hybridized carbons (Fsp3) is 0.471. The first-order valence-electron chi connectivity index (χ1n) is 8.06. The van der Waals surface area contributed by atoms with Crippen molar-refractivity contribution in [2.45, 2.75) is 19.3 Å². The number of rotatable bonds is 6. The third kappa shape index (κ3) is 3.88. The van der Waals surface area contributed by atoms with Crippen LogP contribution in [0.4, 0.5) is 5.69 Å². The molecular formula is C17H21N3O3. The number of amides is 3. The van der Waals surface area contributed by atoms with Gasteiger partial charge < -0.3 is 15.5 Å². The maximum Gasteiger partial charge on any atom is 0.227 e. The third-order valence-electron chi connectivity index (χ3n) is 4.24. The Morgan fingerprint density at radius 1 is 1.00 bits per heavy atom. The molecule has 1 aliphatic heterocycles. The second-order valence-electron chi connectivity index (χ2n) is 6.10. The van der Waals surface area contributed by atoms with Gasteiger partial charge in [-0.15, -0.1) is 0 Å². The third-order valence-corrected chi connectivity index (χ3v) is 4.24. The quantitative estimate of drug-likeness (QED) is 0.758. The Balaban J connectivity index is 1.43. The molecule has 122 valence electrons. The van der Waals surface area contributed by atoms with Crippen LogP contribution in [0.25, 0.3) is 0 Å². The Kier molecular flexibility index (Phi) is 4.60. The fourth-order valence-corrected chi connectivity index (χ4v) is 2.75. The first kappa shape index (κ1) is 15.5. The van der Waals surface area contributed by atoms with Crippen LogP contribution in [-0.2, 0) is 14.4 Å². The standard InChI is InChI=1S/C17H21N3O3/c21-15-10-13(11-20(15)14-4-2-1-3-5-14)17(23)19-9-8-18-16(22)12-6-7-12/h1-5,12-13H,6-11H2,(H,18,22)(H,19,23). The average Bonchev–Trinajstić information content (AvgIpc) is 3.34. The van der Waals surface area contributed by atoms with Gasteiger partial charge in [0.15, 0.2) is 0 Å². The van der Waals surface area contributed by atoms with E-state index in [1.807, 2.05) is 30.3 Å². The molecule has 1 saturated heterocycles. The van der Waals surface area contributed by atoms with Crippen molar-refractivity contribution in [1.29, 1.82) is 0 Å². The largest absolute Gasteiger partial charge is 0.354 e. The summed E-state index contributed by atoms with van der Waals surface area (Å²) >= 11 is 0. The molecule has 1 unspecified atom stereocenters. The molecule has 0 aromatic heterocycles. The molecule has 0 radical (unpaired) electrons. The predicted molar refractivity (Wildman–Crippen MR) is 85.6 cm³/mol. The van der Waals surface area contributed by atoms with Crippen LogP contribution in [0.1, 0.15) is 19.3 Å². The Morgan fingerprint density at radius 2 is 1.61 bits per heavy atom. The number of hydrogen-bond donors (Lipinski definition) is 2. The Morgan fingerprint density at radius 3 is 2.22 bits per heavy atom. The van der Waals surface area contributed by atoms with Gasteiger partial charge in [0, 0.05) is 37.7 Å². The predicted octanol–water partition coefficient (Wildman–Crippen LogP) is 0.682. The molecule has 2 fully saturated rings. The number of para-hydroxylation sites is 1. The van der Waals surface area contributed by atoms with Gasteiger partial charge in [-0.05, 0) is 25.0 Å². The molecule has 1 heterocycles. The van der Waals surface area contributed by atoms with E-state index in [0.717, 1.165) is 18.5 Å². The monoisotopic (exact) mass is 315 g/mol. The molecule has 2 aliphatic rings. The topological polar surface area (TPSA) is 78.5 Å². The van der Waals surface area contributed by atoms with Gasteiger partial charge >= 0.3 is 0 Å². The van der Waals surface area contributed by atoms with Crippen molar-refractivity contribution in [1.82, 2.24) is 10.6 Å². The lowest BCUT2D eigenvalue weighted by molar-refractivity contribution is -0.126. The van der Waals surface area contributed by atoms with E-state index in [2.05, 4.69) is 10.6 Å². The number of anilines is 1. The molecule has 23 heavy (non-hydrogen) atoms. The minimum absolute atomic E-state index is 0.0293. The molecular weight excluding hydrogens is 294 g/mol. The van der Waals surface area contributed by atoms with Crippen molar-refractivity contribution in [3.8, 4) is 0 Å². The van der Waals surface area contributed by atoms with Crippen LogP contribution in [0.5, 0.6) is 0 Å². The molecule has 6 nitrogen and oxygen atoms in total. The summed E-state index contributed by atoms with van der Waals surface area (Å²) < 4.78 is 0. The zero-order chi connectivity index (χ0) is 16.2. The summed E-state index contributed by atoms with van der Waals surface area (Å²) in [4.78, 5) is 37.4. The van der Waals surface area contributed by atoms with E-state index in [1.165, 1.54) is 0 Å². The zero-order valence-corrected chi connectivity index (χ0v) is 13.0. The lowest BCUT2D eigenvalue weighted by Crippen LogP contribution is -2.38. The van der Waals surface area contributed by atoms with Crippen molar-refractivity contribution < 1.29 is 14.4 Å². The van der Waals surface area contributed by atoms with Gasteiger partial charge in [-0.3, -0.25) is 14.4 Å². The molecule has 3 rings (SSSR count). The fourth-order valence-electron chi connectivity index (χ4n) is 2.75. The van der Waals surface area contributed by atoms with Crippen molar-refractivity contribution in [2.24, 2.45) is 11.8 Å². The Bertz CT molecular complexity index is 598. The van der Waals surface area contributed by atoms with Crippen molar-refractivity contribution in [2.75, 3.05) is 24.5 Å². The van der Waals surface area contributed by atoms with E-state index < -0.39 is 0 Å². The highest BCUT2D eigenvalue weighted by atomic mass is 16.2. The summed E-state index contributed by atoms with van der Waals surface area (Å²) in [5.41, 5.74) is 0.824. The summed E-state index contributed by atoms with van der Waals surface area (Å²) in [6.45, 7) is 1.24. The van der Waals surface area contributed by atoms with E-state index in [9.17, 15) is 14.4 Å². The van der Waals surface area contributed by atoms with Gasteiger partial charge in [0.1, 0.15) is 0 Å². The van der Waals surface area contributed by atoms with Crippen LogP contribution < -0.4 is 15.5 Å². The van der Waals surface area contributed by atoms with Crippen LogP contribution >= 0.6 is 0 Å². The second-order valence-corrected chi connectivity index (χ2v) is 6.10. The van der Waals surface area contributed by atoms with Crippen LogP contribution in [0.2, 0.25) is 0 Å². The molecule has 0 bridgehead atoms. The van der Waals surface area contributed by atoms with E-state index in [4.69, 9.17) is 0 Å². The van der Waals surface area contributed by atoms with Gasteiger partial charge in [-0.1, -0.05) is 18.2 Å². The van der Waals surface area contributed by atoms with Gasteiger partial charge in [-0.2, -0.15) is 0 Å². The number of hydrogen-bond acceptors (Lipinski definition) is 3. The van der Waals surface area contributed by atoms with Crippen LogP contribution in [-0.4, -0.2) is 37.4 Å². The van der Waals surface area contributed by atoms with Crippen molar-refractivity contribution in [3.63, 3.8) is 0 Å². The lowest BCUT2D eigenvalue weighted by Gasteiger charge is -2.16. The minimum Gasteiger partial charge on any atom is -0.354 e. The highest BCUT2D eigenvalue weighted by Gasteiger charge is 2.35. The SMILES string of the molecule is O=C(NCCNC(=O)C1CC(=O)N(c2ccccc2)C1)C1CC1. The number of benzene rings is 1. The van der Waals surface area contributed by atoms with Gasteiger partial charge in [0.2, 0.25) is 17.7 Å². The summed E-state index contributed by atoms with van der Waals surface area (Å²) in [5.74, 6) is -0.235. The van der Waals surface area contributed by atoms with E-state index in [-0.39, 0.29) is 36.0 Å². The average molecular weight is 315 g/mol. The van der Waals surface area contributed by atoms with Gasteiger partial charge in [-0.25, -0.2) is 0 Å². The van der Waals surface area contributed by atoms with Gasteiger partial charge in [0.25, 0.3) is 0 Å². The smallest absolute Gasteiger partial charge is 0.227 e. The minimum atomic E-state index is -0.332. The first-order chi connectivity index (χ1) is 11.1. The normalized spacial score (nSPS) is 20.4. The van der Waals surface area contributed by atoms with E-state index >= 15 is 0 Å². The van der Waals surface area contributed by atoms with Crippen LogP contribution in [0, 0.1) is 11.8 Å². The maximum absolute atomic E-state index is 12.2. The number of nitrogens with one attached hydrogen (secondary N) is 2. The molecule has 1 aromatic carbocycles. The number of carbonyl (C=O) groups is 3. The lowest BCUT2D eigenvalue weighted by atomic mass is 10.1. The Hall–Kier alpha value is -2.37. The summed E-state index contributed by atoms with van der Waals surface area (Å²) in [5, 5.41) is 5.60. The zero-order valence-electron chi connectivity index (χ0n) is 13.0. The van der Waals surface area contributed by atoms with Crippen molar-refractivity contribution in [3.05, 3.63) is 30.3 Å². The first-order valence-corrected chi connectivity index (χ1v) is 8.06. The molecule has 2 N–H and O–H groups in total. The van der Waals surface area contributed by atoms with E-state index in [0.29, 0.717) is 19.6 Å². The molecule has 3 amide bonds. The number of nitrogens with zero attached hydrogens (tertiary/aromatic N) is 1. The molecule has 1 saturated carbocycles. The van der Waals surface area contributed by atoms with Crippen LogP contribution in [0.3, 0.4) is 0 Å². The summed E-state index contributed by atoms with van der Waals surface area (Å²) in [6, 6.07) is 9.37. The molecule has 1 aliphatic carbocycles. The Labute approximate surface area is 135 Å². The summed E-state index contributed by atoms with van der Waals surface area (Å²) in [6.07, 6.45) is 2.17. The molecule has 1 atom stereocenters. The molecule has 1 aromatic rings. The highest BCUT2D eigenvalue weighted by molar-refractivity contribution is 6.00. The summed E-state index contributed by atoms with van der Waals surface area (Å²) in [7, 11) is 0. The molecule has 0 spiro atoms. The second kappa shape index (κ2) is 6.81. The molecule has 6 heteroatoms.